The fourth-order valence-corrected chi connectivity index (χ4v) is 6.69. The highest BCUT2D eigenvalue weighted by molar-refractivity contribution is 5.92. The van der Waals surface area contributed by atoms with Gasteiger partial charge in [-0.25, -0.2) is 19.3 Å². The molecule has 8 rings (SSSR count). The molecule has 2 atom stereocenters. The Morgan fingerprint density at radius 3 is 2.37 bits per heavy atom. The minimum atomic E-state index is -0.380. The van der Waals surface area contributed by atoms with Crippen LogP contribution in [0.25, 0.3) is 44.8 Å². The Morgan fingerprint density at radius 2 is 1.58 bits per heavy atom. The number of anilines is 1. The molecule has 3 heterocycles. The molecule has 190 valence electrons. The van der Waals surface area contributed by atoms with Crippen molar-refractivity contribution >= 4 is 16.9 Å². The van der Waals surface area contributed by atoms with E-state index < -0.39 is 0 Å². The molecule has 2 N–H and O–H groups in total. The Labute approximate surface area is 221 Å². The second kappa shape index (κ2) is 9.35. The lowest BCUT2D eigenvalue weighted by atomic mass is 9.62. The molecule has 3 fully saturated rings. The van der Waals surface area contributed by atoms with Gasteiger partial charge in [0.2, 0.25) is 0 Å². The molecule has 3 aromatic heterocycles. The Kier molecular flexibility index (Phi) is 5.68. The van der Waals surface area contributed by atoms with Crippen LogP contribution in [-0.4, -0.2) is 26.0 Å². The highest BCUT2D eigenvalue weighted by atomic mass is 19.1. The SMILES string of the molecule is CC1C2CCC(CC2)C1Nc1cc(-c2ccccc2-c2ccccc2)nc(-c2c[nH]c3ncc(F)cc23)n1. The average Bonchev–Trinajstić information content (AvgIpc) is 3.39. The molecule has 5 aromatic rings. The summed E-state index contributed by atoms with van der Waals surface area (Å²) in [4.78, 5) is 17.4. The summed E-state index contributed by atoms with van der Waals surface area (Å²) in [6.07, 6.45) is 8.28. The van der Waals surface area contributed by atoms with Gasteiger partial charge in [-0.1, -0.05) is 61.5 Å². The van der Waals surface area contributed by atoms with Crippen molar-refractivity contribution < 1.29 is 4.39 Å². The quantitative estimate of drug-likeness (QED) is 0.258. The Bertz CT molecular complexity index is 1600. The highest BCUT2D eigenvalue weighted by Crippen LogP contribution is 2.46. The lowest BCUT2D eigenvalue weighted by Crippen LogP contribution is -2.47. The number of nitrogens with one attached hydrogen (secondary N) is 2. The first-order chi connectivity index (χ1) is 18.6. The number of hydrogen-bond acceptors (Lipinski definition) is 4. The number of aromatic nitrogens is 4. The number of hydrogen-bond donors (Lipinski definition) is 2. The summed E-state index contributed by atoms with van der Waals surface area (Å²) in [5.74, 6) is 3.04. The first-order valence-corrected chi connectivity index (χ1v) is 13.6. The Morgan fingerprint density at radius 1 is 0.842 bits per heavy atom. The molecule has 6 heteroatoms. The van der Waals surface area contributed by atoms with E-state index in [2.05, 4.69) is 70.7 Å². The molecule has 0 radical (unpaired) electrons. The van der Waals surface area contributed by atoms with Crippen LogP contribution in [-0.2, 0) is 0 Å². The van der Waals surface area contributed by atoms with Gasteiger partial charge in [0.15, 0.2) is 5.82 Å². The number of pyridine rings is 1. The summed E-state index contributed by atoms with van der Waals surface area (Å²) in [6.45, 7) is 2.38. The molecular weight excluding hydrogens is 473 g/mol. The van der Waals surface area contributed by atoms with E-state index in [-0.39, 0.29) is 5.82 Å². The fourth-order valence-electron chi connectivity index (χ4n) is 6.69. The first kappa shape index (κ1) is 23.1. The minimum Gasteiger partial charge on any atom is -0.367 e. The maximum absolute atomic E-state index is 14.2. The van der Waals surface area contributed by atoms with E-state index in [4.69, 9.17) is 9.97 Å². The fraction of sp³-hybridized carbons (Fsp3) is 0.281. The minimum absolute atomic E-state index is 0.380. The molecule has 2 aromatic carbocycles. The Hall–Kier alpha value is -4.06. The first-order valence-electron chi connectivity index (χ1n) is 13.6. The van der Waals surface area contributed by atoms with Crippen molar-refractivity contribution in [3.63, 3.8) is 0 Å². The van der Waals surface area contributed by atoms with Crippen molar-refractivity contribution in [1.29, 1.82) is 0 Å². The number of benzene rings is 2. The number of nitrogens with zero attached hydrogens (tertiary/aromatic N) is 3. The molecule has 2 bridgehead atoms. The van der Waals surface area contributed by atoms with Crippen LogP contribution in [0.1, 0.15) is 32.6 Å². The van der Waals surface area contributed by atoms with Crippen molar-refractivity contribution in [2.45, 2.75) is 38.6 Å². The highest BCUT2D eigenvalue weighted by Gasteiger charge is 2.41. The monoisotopic (exact) mass is 503 g/mol. The van der Waals surface area contributed by atoms with Crippen LogP contribution in [0.3, 0.4) is 0 Å². The molecule has 3 aliphatic rings. The second-order valence-corrected chi connectivity index (χ2v) is 10.8. The molecule has 0 spiro atoms. The molecule has 0 aliphatic heterocycles. The molecule has 0 amide bonds. The predicted octanol–water partition coefficient (Wildman–Crippen LogP) is 7.73. The molecule has 3 saturated carbocycles. The largest absolute Gasteiger partial charge is 0.367 e. The number of halogens is 1. The van der Waals surface area contributed by atoms with E-state index >= 15 is 0 Å². The molecule has 0 saturated heterocycles. The van der Waals surface area contributed by atoms with E-state index in [9.17, 15) is 4.39 Å². The van der Waals surface area contributed by atoms with Gasteiger partial charge < -0.3 is 10.3 Å². The van der Waals surface area contributed by atoms with Crippen LogP contribution in [0.4, 0.5) is 10.2 Å². The molecular formula is C32H30FN5. The van der Waals surface area contributed by atoms with Gasteiger partial charge >= 0.3 is 0 Å². The van der Waals surface area contributed by atoms with E-state index in [1.165, 1.54) is 37.9 Å². The third-order valence-electron chi connectivity index (χ3n) is 8.70. The van der Waals surface area contributed by atoms with Gasteiger partial charge in [0.25, 0.3) is 0 Å². The molecule has 3 aliphatic carbocycles. The maximum atomic E-state index is 14.2. The second-order valence-electron chi connectivity index (χ2n) is 10.8. The Balaban J connectivity index is 1.38. The van der Waals surface area contributed by atoms with Crippen LogP contribution < -0.4 is 5.32 Å². The number of H-pyrrole nitrogens is 1. The van der Waals surface area contributed by atoms with Crippen molar-refractivity contribution in [3.05, 3.63) is 84.9 Å². The zero-order valence-electron chi connectivity index (χ0n) is 21.4. The summed E-state index contributed by atoms with van der Waals surface area (Å²) in [7, 11) is 0. The van der Waals surface area contributed by atoms with E-state index in [1.54, 1.807) is 0 Å². The molecule has 5 nitrogen and oxygen atoms in total. The van der Waals surface area contributed by atoms with Gasteiger partial charge in [0.1, 0.15) is 17.3 Å². The topological polar surface area (TPSA) is 66.5 Å². The van der Waals surface area contributed by atoms with Gasteiger partial charge in [-0.2, -0.15) is 0 Å². The summed E-state index contributed by atoms with van der Waals surface area (Å²) in [5.41, 5.74) is 5.48. The normalized spacial score (nSPS) is 22.6. The van der Waals surface area contributed by atoms with Gasteiger partial charge in [-0.3, -0.25) is 0 Å². The summed E-state index contributed by atoms with van der Waals surface area (Å²) < 4.78 is 14.2. The van der Waals surface area contributed by atoms with Gasteiger partial charge in [0.05, 0.1) is 11.9 Å². The van der Waals surface area contributed by atoms with Crippen molar-refractivity contribution in [3.8, 4) is 33.8 Å². The number of rotatable bonds is 5. The third kappa shape index (κ3) is 4.05. The standard InChI is InChI=1S/C32H30FN5/c1-19-20-11-13-22(14-12-20)30(19)37-29-16-28(25-10-6-5-9-24(25)21-7-3-2-4-8-21)36-32(38-29)27-18-35-31-26(27)15-23(33)17-34-31/h2-10,15-20,22,30H,11-14H2,1H3,(H,34,35)(H,36,37,38). The van der Waals surface area contributed by atoms with Crippen molar-refractivity contribution in [2.75, 3.05) is 5.32 Å². The van der Waals surface area contributed by atoms with Crippen LogP contribution in [0.5, 0.6) is 0 Å². The van der Waals surface area contributed by atoms with Crippen molar-refractivity contribution in [1.82, 2.24) is 19.9 Å². The van der Waals surface area contributed by atoms with E-state index in [1.807, 2.05) is 18.3 Å². The van der Waals surface area contributed by atoms with Crippen LogP contribution in [0.15, 0.2) is 79.1 Å². The van der Waals surface area contributed by atoms with Crippen LogP contribution in [0, 0.1) is 23.6 Å². The summed E-state index contributed by atoms with van der Waals surface area (Å²) >= 11 is 0. The summed E-state index contributed by atoms with van der Waals surface area (Å²) in [5, 5.41) is 4.52. The number of fused-ring (bicyclic) bond motifs is 4. The van der Waals surface area contributed by atoms with Crippen LogP contribution >= 0.6 is 0 Å². The zero-order valence-corrected chi connectivity index (χ0v) is 21.4. The van der Waals surface area contributed by atoms with E-state index in [0.29, 0.717) is 34.7 Å². The maximum Gasteiger partial charge on any atom is 0.164 e. The number of aromatic amines is 1. The molecule has 38 heavy (non-hydrogen) atoms. The van der Waals surface area contributed by atoms with Gasteiger partial charge in [-0.15, -0.1) is 0 Å². The smallest absolute Gasteiger partial charge is 0.164 e. The lowest BCUT2D eigenvalue weighted by Gasteiger charge is -2.47. The van der Waals surface area contributed by atoms with Crippen molar-refractivity contribution in [2.24, 2.45) is 17.8 Å². The van der Waals surface area contributed by atoms with Gasteiger partial charge in [-0.05, 0) is 60.6 Å². The van der Waals surface area contributed by atoms with E-state index in [0.717, 1.165) is 39.7 Å². The van der Waals surface area contributed by atoms with Crippen LogP contribution in [0.2, 0.25) is 0 Å². The zero-order chi connectivity index (χ0) is 25.6. The summed E-state index contributed by atoms with van der Waals surface area (Å²) in [6, 6.07) is 22.7. The molecule has 2 unspecified atom stereocenters. The predicted molar refractivity (Wildman–Crippen MR) is 150 cm³/mol. The third-order valence-corrected chi connectivity index (χ3v) is 8.70. The average molecular weight is 504 g/mol. The van der Waals surface area contributed by atoms with Gasteiger partial charge in [0, 0.05) is 34.8 Å². The lowest BCUT2D eigenvalue weighted by molar-refractivity contribution is 0.0928.